The summed E-state index contributed by atoms with van der Waals surface area (Å²) >= 11 is 1.73. The fraction of sp³-hybridized carbons (Fsp3) is 0.562. The van der Waals surface area contributed by atoms with Gasteiger partial charge in [-0.25, -0.2) is 15.0 Å². The van der Waals surface area contributed by atoms with Crippen molar-refractivity contribution in [3.8, 4) is 0 Å². The Morgan fingerprint density at radius 3 is 2.65 bits per heavy atom. The first kappa shape index (κ1) is 15.0. The van der Waals surface area contributed by atoms with Gasteiger partial charge in [-0.2, -0.15) is 0 Å². The number of morpholine rings is 1. The molecule has 0 amide bonds. The van der Waals surface area contributed by atoms with E-state index in [1.807, 2.05) is 17.6 Å². The van der Waals surface area contributed by atoms with Crippen molar-refractivity contribution >= 4 is 17.3 Å². The van der Waals surface area contributed by atoms with Crippen molar-refractivity contribution < 1.29 is 4.74 Å². The second-order valence-corrected chi connectivity index (χ2v) is 7.18. The molecular formula is C16H21N5OS. The zero-order chi connectivity index (χ0) is 15.5. The van der Waals surface area contributed by atoms with Crippen LogP contribution in [-0.2, 0) is 11.3 Å². The maximum atomic E-state index is 6.21. The third kappa shape index (κ3) is 3.36. The highest BCUT2D eigenvalue weighted by atomic mass is 32.1. The summed E-state index contributed by atoms with van der Waals surface area (Å²) < 4.78 is 6.21. The molecule has 6 nitrogen and oxygen atoms in total. The molecule has 0 bridgehead atoms. The van der Waals surface area contributed by atoms with Gasteiger partial charge in [0.25, 0.3) is 0 Å². The maximum absolute atomic E-state index is 6.21. The van der Waals surface area contributed by atoms with Crippen molar-refractivity contribution in [2.24, 2.45) is 0 Å². The fourth-order valence-electron chi connectivity index (χ4n) is 3.45. The van der Waals surface area contributed by atoms with Gasteiger partial charge in [0.15, 0.2) is 0 Å². The van der Waals surface area contributed by atoms with E-state index in [4.69, 9.17) is 4.74 Å². The first-order chi connectivity index (χ1) is 11.3. The van der Waals surface area contributed by atoms with Crippen LogP contribution in [-0.4, -0.2) is 58.2 Å². The molecular weight excluding hydrogens is 310 g/mol. The number of nitrogens with zero attached hydrogens (tertiary/aromatic N) is 5. The molecule has 7 heteroatoms. The summed E-state index contributed by atoms with van der Waals surface area (Å²) in [4.78, 5) is 17.9. The van der Waals surface area contributed by atoms with Gasteiger partial charge in [-0.15, -0.1) is 11.3 Å². The van der Waals surface area contributed by atoms with Gasteiger partial charge in [-0.1, -0.05) is 0 Å². The summed E-state index contributed by atoms with van der Waals surface area (Å²) in [5.41, 5.74) is -0.0131. The van der Waals surface area contributed by atoms with Crippen LogP contribution >= 0.6 is 11.3 Å². The standard InChI is InChI=1S/C16H21N5OS/c1-4-18-15(19-5-1)21-7-2-16(3-8-21)13-20(9-10-22-16)12-14-17-6-11-23-14/h1,4-6,11H,2-3,7-10,12-13H2. The highest BCUT2D eigenvalue weighted by Crippen LogP contribution is 2.31. The van der Waals surface area contributed by atoms with E-state index in [0.29, 0.717) is 0 Å². The Balaban J connectivity index is 1.38. The van der Waals surface area contributed by atoms with E-state index in [9.17, 15) is 0 Å². The molecule has 0 aliphatic carbocycles. The van der Waals surface area contributed by atoms with E-state index in [0.717, 1.165) is 58.1 Å². The van der Waals surface area contributed by atoms with Gasteiger partial charge < -0.3 is 9.64 Å². The van der Waals surface area contributed by atoms with Crippen molar-refractivity contribution in [1.82, 2.24) is 19.9 Å². The second kappa shape index (κ2) is 6.51. The third-order valence-electron chi connectivity index (χ3n) is 4.68. The van der Waals surface area contributed by atoms with E-state index in [1.54, 1.807) is 23.7 Å². The molecule has 122 valence electrons. The summed E-state index contributed by atoms with van der Waals surface area (Å²) in [7, 11) is 0. The number of aromatic nitrogens is 3. The molecule has 0 radical (unpaired) electrons. The SMILES string of the molecule is c1cnc(N2CCC3(CC2)CN(Cc2nccs2)CCO3)nc1. The molecule has 2 aliphatic heterocycles. The van der Waals surface area contributed by atoms with Crippen molar-refractivity contribution in [2.45, 2.75) is 25.0 Å². The Labute approximate surface area is 140 Å². The number of rotatable bonds is 3. The van der Waals surface area contributed by atoms with Crippen LogP contribution < -0.4 is 4.90 Å². The molecule has 0 atom stereocenters. The number of hydrogen-bond acceptors (Lipinski definition) is 7. The van der Waals surface area contributed by atoms with Gasteiger partial charge in [0.1, 0.15) is 5.01 Å². The molecule has 0 aromatic carbocycles. The number of piperidine rings is 1. The molecule has 0 saturated carbocycles. The summed E-state index contributed by atoms with van der Waals surface area (Å²) in [6, 6.07) is 1.86. The van der Waals surface area contributed by atoms with Gasteiger partial charge in [0, 0.05) is 50.1 Å². The van der Waals surface area contributed by atoms with Gasteiger partial charge in [-0.05, 0) is 18.9 Å². The Kier molecular flexibility index (Phi) is 4.24. The van der Waals surface area contributed by atoms with E-state index in [-0.39, 0.29) is 5.60 Å². The lowest BCUT2D eigenvalue weighted by Crippen LogP contribution is -2.56. The number of thiazole rings is 1. The largest absolute Gasteiger partial charge is 0.372 e. The zero-order valence-electron chi connectivity index (χ0n) is 13.1. The van der Waals surface area contributed by atoms with Gasteiger partial charge in [-0.3, -0.25) is 4.90 Å². The summed E-state index contributed by atoms with van der Waals surface area (Å²) in [6.45, 7) is 5.65. The minimum absolute atomic E-state index is 0.0131. The Bertz CT molecular complexity index is 613. The van der Waals surface area contributed by atoms with E-state index >= 15 is 0 Å². The second-order valence-electron chi connectivity index (χ2n) is 6.20. The van der Waals surface area contributed by atoms with Crippen LogP contribution in [0.3, 0.4) is 0 Å². The van der Waals surface area contributed by atoms with Crippen molar-refractivity contribution in [3.63, 3.8) is 0 Å². The summed E-state index contributed by atoms with van der Waals surface area (Å²) in [5.74, 6) is 0.831. The Morgan fingerprint density at radius 1 is 1.09 bits per heavy atom. The minimum atomic E-state index is -0.0131. The number of ether oxygens (including phenoxy) is 1. The minimum Gasteiger partial charge on any atom is -0.372 e. The van der Waals surface area contributed by atoms with Gasteiger partial charge in [0.2, 0.25) is 5.95 Å². The highest BCUT2D eigenvalue weighted by molar-refractivity contribution is 7.09. The van der Waals surface area contributed by atoms with E-state index in [1.165, 1.54) is 5.01 Å². The van der Waals surface area contributed by atoms with Crippen LogP contribution in [0.4, 0.5) is 5.95 Å². The predicted molar refractivity (Wildman–Crippen MR) is 89.6 cm³/mol. The van der Waals surface area contributed by atoms with Crippen LogP contribution in [0.15, 0.2) is 30.0 Å². The van der Waals surface area contributed by atoms with Crippen LogP contribution in [0.2, 0.25) is 0 Å². The number of anilines is 1. The molecule has 2 fully saturated rings. The van der Waals surface area contributed by atoms with Crippen LogP contribution in [0.1, 0.15) is 17.8 Å². The molecule has 4 rings (SSSR count). The van der Waals surface area contributed by atoms with Gasteiger partial charge >= 0.3 is 0 Å². The lowest BCUT2D eigenvalue weighted by atomic mass is 9.89. The summed E-state index contributed by atoms with van der Waals surface area (Å²) in [5, 5.41) is 3.24. The highest BCUT2D eigenvalue weighted by Gasteiger charge is 2.40. The first-order valence-electron chi connectivity index (χ1n) is 8.10. The van der Waals surface area contributed by atoms with E-state index in [2.05, 4.69) is 24.8 Å². The predicted octanol–water partition coefficient (Wildman–Crippen LogP) is 1.80. The van der Waals surface area contributed by atoms with Crippen LogP contribution in [0.25, 0.3) is 0 Å². The topological polar surface area (TPSA) is 54.4 Å². The van der Waals surface area contributed by atoms with Crippen LogP contribution in [0, 0.1) is 0 Å². The molecule has 2 aromatic heterocycles. The van der Waals surface area contributed by atoms with Crippen molar-refractivity contribution in [1.29, 1.82) is 0 Å². The monoisotopic (exact) mass is 331 g/mol. The molecule has 2 aliphatic rings. The van der Waals surface area contributed by atoms with E-state index < -0.39 is 0 Å². The molecule has 0 N–H and O–H groups in total. The quantitative estimate of drug-likeness (QED) is 0.855. The molecule has 23 heavy (non-hydrogen) atoms. The Morgan fingerprint density at radius 2 is 1.91 bits per heavy atom. The van der Waals surface area contributed by atoms with Crippen molar-refractivity contribution in [3.05, 3.63) is 35.0 Å². The Hall–Kier alpha value is -1.57. The maximum Gasteiger partial charge on any atom is 0.225 e. The lowest BCUT2D eigenvalue weighted by molar-refractivity contribution is -0.122. The normalized spacial score (nSPS) is 21.7. The zero-order valence-corrected chi connectivity index (χ0v) is 13.9. The lowest BCUT2D eigenvalue weighted by Gasteiger charge is -2.47. The molecule has 4 heterocycles. The van der Waals surface area contributed by atoms with Crippen molar-refractivity contribution in [2.75, 3.05) is 37.7 Å². The van der Waals surface area contributed by atoms with Gasteiger partial charge in [0.05, 0.1) is 18.8 Å². The molecule has 2 aromatic rings. The molecule has 1 spiro atoms. The number of hydrogen-bond donors (Lipinski definition) is 0. The molecule has 2 saturated heterocycles. The summed E-state index contributed by atoms with van der Waals surface area (Å²) in [6.07, 6.45) is 7.55. The third-order valence-corrected chi connectivity index (χ3v) is 5.44. The fourth-order valence-corrected chi connectivity index (χ4v) is 4.11. The first-order valence-corrected chi connectivity index (χ1v) is 8.98. The smallest absolute Gasteiger partial charge is 0.225 e. The molecule has 0 unspecified atom stereocenters. The average molecular weight is 331 g/mol. The average Bonchev–Trinajstić information content (AvgIpc) is 3.10. The van der Waals surface area contributed by atoms with Crippen LogP contribution in [0.5, 0.6) is 0 Å².